The minimum absolute atomic E-state index is 0.131. The summed E-state index contributed by atoms with van der Waals surface area (Å²) in [6.45, 7) is 2.28. The largest absolute Gasteiger partial charge is 0.268 e. The van der Waals surface area contributed by atoms with Gasteiger partial charge in [0.2, 0.25) is 0 Å². The first-order valence-electron chi connectivity index (χ1n) is 7.30. The van der Waals surface area contributed by atoms with Crippen molar-refractivity contribution in [3.63, 3.8) is 0 Å². The molecule has 122 valence electrons. The predicted octanol–water partition coefficient (Wildman–Crippen LogP) is 5.50. The lowest BCUT2D eigenvalue weighted by molar-refractivity contribution is 0.123. The number of hydrogen-bond acceptors (Lipinski definition) is 2. The van der Waals surface area contributed by atoms with Crippen molar-refractivity contribution in [1.82, 2.24) is 0 Å². The number of benzene rings is 2. The van der Waals surface area contributed by atoms with Gasteiger partial charge in [-0.25, -0.2) is 18.2 Å². The molecule has 6 heteroatoms. The summed E-state index contributed by atoms with van der Waals surface area (Å²) < 4.78 is 42.1. The highest BCUT2D eigenvalue weighted by atomic mass is 127. The first-order chi connectivity index (χ1) is 11.0. The van der Waals surface area contributed by atoms with Crippen molar-refractivity contribution in [2.24, 2.45) is 5.92 Å². The number of hydrogen-bond donors (Lipinski definition) is 0. The van der Waals surface area contributed by atoms with Gasteiger partial charge in [0.15, 0.2) is 17.5 Å². The lowest BCUT2D eigenvalue weighted by atomic mass is 10.2. The van der Waals surface area contributed by atoms with Crippen LogP contribution >= 0.6 is 22.6 Å². The van der Waals surface area contributed by atoms with Crippen LogP contribution in [0.2, 0.25) is 0 Å². The first kappa shape index (κ1) is 16.6. The highest BCUT2D eigenvalue weighted by Gasteiger charge is 2.26. The van der Waals surface area contributed by atoms with E-state index in [-0.39, 0.29) is 5.69 Å². The molecule has 1 aliphatic rings. The molecule has 23 heavy (non-hydrogen) atoms. The normalized spacial score (nSPS) is 14.1. The van der Waals surface area contributed by atoms with Crippen molar-refractivity contribution < 1.29 is 18.0 Å². The zero-order valence-corrected chi connectivity index (χ0v) is 14.6. The Hall–Kier alpha value is -1.28. The molecule has 0 aromatic heterocycles. The molecule has 1 aliphatic carbocycles. The van der Waals surface area contributed by atoms with Crippen LogP contribution in [0.1, 0.15) is 18.4 Å². The molecule has 0 amide bonds. The van der Waals surface area contributed by atoms with Gasteiger partial charge in [0.1, 0.15) is 5.69 Å². The Labute approximate surface area is 146 Å². The number of halogens is 4. The molecule has 2 aromatic rings. The smallest absolute Gasteiger partial charge is 0.196 e. The van der Waals surface area contributed by atoms with Crippen LogP contribution in [0.4, 0.5) is 24.5 Å². The Morgan fingerprint density at radius 2 is 1.78 bits per heavy atom. The van der Waals surface area contributed by atoms with Crippen LogP contribution in [0.5, 0.6) is 0 Å². The van der Waals surface area contributed by atoms with Gasteiger partial charge in [-0.3, -0.25) is 4.84 Å². The van der Waals surface area contributed by atoms with E-state index >= 15 is 0 Å². The third kappa shape index (κ3) is 3.63. The number of nitrogens with zero attached hydrogens (tertiary/aromatic N) is 1. The van der Waals surface area contributed by atoms with E-state index in [0.29, 0.717) is 18.2 Å². The molecule has 0 spiro atoms. The van der Waals surface area contributed by atoms with Crippen LogP contribution in [0.15, 0.2) is 30.3 Å². The van der Waals surface area contributed by atoms with Gasteiger partial charge in [0.05, 0.1) is 12.3 Å². The van der Waals surface area contributed by atoms with Gasteiger partial charge in [-0.2, -0.15) is 0 Å². The first-order valence-corrected chi connectivity index (χ1v) is 8.38. The maximum absolute atomic E-state index is 14.2. The summed E-state index contributed by atoms with van der Waals surface area (Å²) in [6, 6.07) is 7.65. The van der Waals surface area contributed by atoms with Crippen molar-refractivity contribution in [1.29, 1.82) is 0 Å². The van der Waals surface area contributed by atoms with Crippen LogP contribution in [-0.2, 0) is 4.84 Å². The molecular weight excluding hydrogens is 418 g/mol. The Bertz CT molecular complexity index is 734. The Morgan fingerprint density at radius 1 is 1.09 bits per heavy atom. The van der Waals surface area contributed by atoms with Crippen molar-refractivity contribution >= 4 is 34.0 Å². The van der Waals surface area contributed by atoms with E-state index < -0.39 is 17.5 Å². The van der Waals surface area contributed by atoms with Crippen molar-refractivity contribution in [3.05, 3.63) is 56.9 Å². The monoisotopic (exact) mass is 433 g/mol. The molecule has 0 radical (unpaired) electrons. The van der Waals surface area contributed by atoms with E-state index in [2.05, 4.69) is 22.6 Å². The standard InChI is InChI=1S/C17H15F3INO/c1-10-8-12(21)4-6-14(10)22(23-9-11-2-3-11)15-7-5-13(18)16(19)17(15)20/h4-8,11H,2-3,9H2,1H3. The average Bonchev–Trinajstić information content (AvgIpc) is 3.32. The van der Waals surface area contributed by atoms with Crippen LogP contribution in [0, 0.1) is 33.9 Å². The van der Waals surface area contributed by atoms with Gasteiger partial charge in [0, 0.05) is 3.57 Å². The third-order valence-electron chi connectivity index (χ3n) is 3.75. The molecule has 0 unspecified atom stereocenters. The lowest BCUT2D eigenvalue weighted by Crippen LogP contribution is -2.22. The molecule has 0 bridgehead atoms. The zero-order valence-electron chi connectivity index (χ0n) is 12.5. The van der Waals surface area contributed by atoms with E-state index in [1.54, 1.807) is 6.07 Å². The van der Waals surface area contributed by atoms with Crippen molar-refractivity contribution in [2.45, 2.75) is 19.8 Å². The molecule has 0 saturated heterocycles. The minimum atomic E-state index is -1.49. The topological polar surface area (TPSA) is 12.5 Å². The molecule has 2 nitrogen and oxygen atoms in total. The molecule has 0 heterocycles. The third-order valence-corrected chi connectivity index (χ3v) is 4.42. The van der Waals surface area contributed by atoms with E-state index in [1.165, 1.54) is 11.1 Å². The summed E-state index contributed by atoms with van der Waals surface area (Å²) in [4.78, 5) is 5.74. The predicted molar refractivity (Wildman–Crippen MR) is 91.0 cm³/mol. The quantitative estimate of drug-likeness (QED) is 0.351. The molecule has 0 atom stereocenters. The number of aryl methyl sites for hydroxylation is 1. The summed E-state index contributed by atoms with van der Waals surface area (Å²) in [7, 11) is 0. The molecule has 0 N–H and O–H groups in total. The second kappa shape index (κ2) is 6.68. The minimum Gasteiger partial charge on any atom is -0.268 e. The van der Waals surface area contributed by atoms with E-state index in [1.807, 2.05) is 19.1 Å². The fourth-order valence-corrected chi connectivity index (χ4v) is 2.90. The average molecular weight is 433 g/mol. The summed E-state index contributed by atoms with van der Waals surface area (Å²) >= 11 is 2.18. The summed E-state index contributed by atoms with van der Waals surface area (Å²) in [5, 5.41) is 1.27. The summed E-state index contributed by atoms with van der Waals surface area (Å²) in [6.07, 6.45) is 2.14. The SMILES string of the molecule is Cc1cc(I)ccc1N(OCC1CC1)c1ccc(F)c(F)c1F. The molecule has 1 saturated carbocycles. The van der Waals surface area contributed by atoms with Crippen LogP contribution in [-0.4, -0.2) is 6.61 Å². The fraction of sp³-hybridized carbons (Fsp3) is 0.294. The molecular formula is C17H15F3INO. The second-order valence-electron chi connectivity index (χ2n) is 5.66. The maximum atomic E-state index is 14.2. The maximum Gasteiger partial charge on any atom is 0.196 e. The van der Waals surface area contributed by atoms with Gasteiger partial charge in [-0.05, 0) is 84.2 Å². The van der Waals surface area contributed by atoms with Gasteiger partial charge in [0.25, 0.3) is 0 Å². The lowest BCUT2D eigenvalue weighted by Gasteiger charge is -2.26. The molecule has 2 aromatic carbocycles. The molecule has 3 rings (SSSR count). The zero-order chi connectivity index (χ0) is 16.6. The van der Waals surface area contributed by atoms with Crippen molar-refractivity contribution in [3.8, 4) is 0 Å². The van der Waals surface area contributed by atoms with Crippen LogP contribution < -0.4 is 5.06 Å². The van der Waals surface area contributed by atoms with Crippen LogP contribution in [0.25, 0.3) is 0 Å². The van der Waals surface area contributed by atoms with Gasteiger partial charge < -0.3 is 0 Å². The van der Waals surface area contributed by atoms with Crippen LogP contribution in [0.3, 0.4) is 0 Å². The Morgan fingerprint density at radius 3 is 2.43 bits per heavy atom. The van der Waals surface area contributed by atoms with E-state index in [9.17, 15) is 13.2 Å². The Kier molecular flexibility index (Phi) is 4.82. The summed E-state index contributed by atoms with van der Waals surface area (Å²) in [5.41, 5.74) is 1.33. The highest BCUT2D eigenvalue weighted by Crippen LogP contribution is 2.35. The fourth-order valence-electron chi connectivity index (χ4n) is 2.25. The molecule has 1 fully saturated rings. The number of anilines is 2. The van der Waals surface area contributed by atoms with Crippen molar-refractivity contribution in [2.75, 3.05) is 11.7 Å². The number of rotatable bonds is 5. The highest BCUT2D eigenvalue weighted by molar-refractivity contribution is 14.1. The van der Waals surface area contributed by atoms with Gasteiger partial charge in [-0.1, -0.05) is 0 Å². The van der Waals surface area contributed by atoms with Gasteiger partial charge in [-0.15, -0.1) is 0 Å². The second-order valence-corrected chi connectivity index (χ2v) is 6.90. The van der Waals surface area contributed by atoms with E-state index in [4.69, 9.17) is 4.84 Å². The van der Waals surface area contributed by atoms with E-state index in [0.717, 1.165) is 28.0 Å². The van der Waals surface area contributed by atoms with Gasteiger partial charge >= 0.3 is 0 Å². The summed E-state index contributed by atoms with van der Waals surface area (Å²) in [5.74, 6) is -3.52. The Balaban J connectivity index is 2.02. The molecule has 0 aliphatic heterocycles.